The molecule has 1 aromatic carbocycles. The average molecular weight is 262 g/mol. The predicted molar refractivity (Wildman–Crippen MR) is 72.3 cm³/mol. The maximum atomic E-state index is 11.7. The highest BCUT2D eigenvalue weighted by Gasteiger charge is 2.11. The van der Waals surface area contributed by atoms with E-state index in [0.29, 0.717) is 12.0 Å². The zero-order valence-corrected chi connectivity index (χ0v) is 11.1. The maximum absolute atomic E-state index is 11.7. The zero-order chi connectivity index (χ0) is 14.4. The molecular formula is C15H18O4. The first-order chi connectivity index (χ1) is 8.93. The topological polar surface area (TPSA) is 74.6 Å². The Morgan fingerprint density at radius 1 is 1.26 bits per heavy atom. The Kier molecular flexibility index (Phi) is 5.45. The second-order valence-corrected chi connectivity index (χ2v) is 4.65. The first-order valence-electron chi connectivity index (χ1n) is 6.08. The summed E-state index contributed by atoms with van der Waals surface area (Å²) < 4.78 is 0. The molecule has 0 radical (unpaired) electrons. The third-order valence-electron chi connectivity index (χ3n) is 2.89. The van der Waals surface area contributed by atoms with Crippen LogP contribution in [-0.4, -0.2) is 28.6 Å². The van der Waals surface area contributed by atoms with E-state index in [9.17, 15) is 9.59 Å². The Labute approximate surface area is 112 Å². The molecule has 0 fully saturated rings. The van der Waals surface area contributed by atoms with Crippen LogP contribution in [0.2, 0.25) is 0 Å². The highest BCUT2D eigenvalue weighted by atomic mass is 16.4. The van der Waals surface area contributed by atoms with Crippen molar-refractivity contribution in [3.05, 3.63) is 47.0 Å². The summed E-state index contributed by atoms with van der Waals surface area (Å²) in [6.45, 7) is 3.49. The van der Waals surface area contributed by atoms with E-state index in [-0.39, 0.29) is 23.9 Å². The third kappa shape index (κ3) is 4.67. The highest BCUT2D eigenvalue weighted by molar-refractivity contribution is 5.91. The highest BCUT2D eigenvalue weighted by Crippen LogP contribution is 2.20. The lowest BCUT2D eigenvalue weighted by atomic mass is 9.94. The van der Waals surface area contributed by atoms with Crippen LogP contribution < -0.4 is 0 Å². The quantitative estimate of drug-likeness (QED) is 0.772. The molecule has 1 rings (SSSR count). The lowest BCUT2D eigenvalue weighted by molar-refractivity contribution is -0.115. The van der Waals surface area contributed by atoms with Crippen molar-refractivity contribution < 1.29 is 19.8 Å². The Hall–Kier alpha value is -1.94. The van der Waals surface area contributed by atoms with Gasteiger partial charge in [0, 0.05) is 6.42 Å². The third-order valence-corrected chi connectivity index (χ3v) is 2.89. The number of benzene rings is 1. The van der Waals surface area contributed by atoms with Crippen molar-refractivity contribution in [2.75, 3.05) is 6.61 Å². The fourth-order valence-electron chi connectivity index (χ4n) is 1.75. The monoisotopic (exact) mass is 262 g/mol. The molecule has 19 heavy (non-hydrogen) atoms. The second kappa shape index (κ2) is 6.85. The Bertz CT molecular complexity index is 485. The van der Waals surface area contributed by atoms with Gasteiger partial charge in [-0.3, -0.25) is 4.79 Å². The van der Waals surface area contributed by atoms with Gasteiger partial charge in [-0.25, -0.2) is 4.79 Å². The van der Waals surface area contributed by atoms with Crippen LogP contribution in [0.1, 0.15) is 42.1 Å². The molecule has 2 N–H and O–H groups in total. The summed E-state index contributed by atoms with van der Waals surface area (Å²) in [5.41, 5.74) is 1.80. The van der Waals surface area contributed by atoms with E-state index < -0.39 is 5.97 Å². The molecule has 0 spiro atoms. The summed E-state index contributed by atoms with van der Waals surface area (Å²) >= 11 is 0. The summed E-state index contributed by atoms with van der Waals surface area (Å²) in [5.74, 6) is -0.990. The van der Waals surface area contributed by atoms with Gasteiger partial charge in [-0.05, 0) is 42.2 Å². The molecule has 0 heterocycles. The van der Waals surface area contributed by atoms with Crippen LogP contribution in [0.4, 0.5) is 0 Å². The van der Waals surface area contributed by atoms with Gasteiger partial charge in [0.1, 0.15) is 0 Å². The predicted octanol–water partition coefficient (Wildman–Crippen LogP) is 2.39. The molecule has 0 saturated carbocycles. The molecule has 0 aliphatic carbocycles. The van der Waals surface area contributed by atoms with Gasteiger partial charge in [-0.2, -0.15) is 0 Å². The number of ketones is 1. The molecule has 4 heteroatoms. The molecule has 0 aliphatic rings. The normalized spacial score (nSPS) is 13.1. The molecule has 0 aliphatic heterocycles. The van der Waals surface area contributed by atoms with Crippen LogP contribution >= 0.6 is 0 Å². The molecule has 102 valence electrons. The number of aliphatic hydroxyl groups is 1. The minimum absolute atomic E-state index is 0.0121. The lowest BCUT2D eigenvalue weighted by Gasteiger charge is -2.10. The number of allylic oxidation sites excluding steroid dienone is 1. The van der Waals surface area contributed by atoms with Crippen molar-refractivity contribution >= 4 is 11.8 Å². The molecule has 4 nitrogen and oxygen atoms in total. The molecule has 0 unspecified atom stereocenters. The summed E-state index contributed by atoms with van der Waals surface area (Å²) in [4.78, 5) is 22.4. The van der Waals surface area contributed by atoms with Crippen molar-refractivity contribution in [3.8, 4) is 0 Å². The number of carboxylic acids is 1. The van der Waals surface area contributed by atoms with E-state index in [4.69, 9.17) is 10.2 Å². The summed E-state index contributed by atoms with van der Waals surface area (Å²) in [6, 6.07) is 6.52. The number of aromatic carboxylic acids is 1. The minimum Gasteiger partial charge on any atom is -0.478 e. The van der Waals surface area contributed by atoms with E-state index in [1.165, 1.54) is 18.2 Å². The van der Waals surface area contributed by atoms with E-state index >= 15 is 0 Å². The Balaban J connectivity index is 2.70. The van der Waals surface area contributed by atoms with Gasteiger partial charge in [0.15, 0.2) is 5.78 Å². The first-order valence-corrected chi connectivity index (χ1v) is 6.08. The van der Waals surface area contributed by atoms with Crippen molar-refractivity contribution in [3.63, 3.8) is 0 Å². The molecular weight excluding hydrogens is 244 g/mol. The number of carboxylic acid groups (broad SMARTS) is 1. The van der Waals surface area contributed by atoms with Crippen LogP contribution in [0, 0.1) is 0 Å². The van der Waals surface area contributed by atoms with Gasteiger partial charge in [0.2, 0.25) is 0 Å². The van der Waals surface area contributed by atoms with Gasteiger partial charge in [0.25, 0.3) is 0 Å². The van der Waals surface area contributed by atoms with Gasteiger partial charge in [-0.15, -0.1) is 0 Å². The van der Waals surface area contributed by atoms with Crippen LogP contribution in [0.25, 0.3) is 0 Å². The average Bonchev–Trinajstić information content (AvgIpc) is 2.38. The Morgan fingerprint density at radius 2 is 1.84 bits per heavy atom. The van der Waals surface area contributed by atoms with Gasteiger partial charge >= 0.3 is 5.97 Å². The lowest BCUT2D eigenvalue weighted by Crippen LogP contribution is -2.04. The summed E-state index contributed by atoms with van der Waals surface area (Å²) in [7, 11) is 0. The molecule has 0 aromatic heterocycles. The number of rotatable bonds is 6. The van der Waals surface area contributed by atoms with Crippen molar-refractivity contribution in [1.29, 1.82) is 0 Å². The number of aliphatic hydroxyl groups excluding tert-OH is 1. The number of hydrogen-bond donors (Lipinski definition) is 2. The SMILES string of the molecule is C/C(=C\C(=O)C[C@H](C)c1ccc(C(=O)O)cc1)CO. The van der Waals surface area contributed by atoms with Crippen molar-refractivity contribution in [2.24, 2.45) is 0 Å². The number of carbonyl (C=O) groups excluding carboxylic acids is 1. The molecule has 0 amide bonds. The van der Waals surface area contributed by atoms with Crippen molar-refractivity contribution in [1.82, 2.24) is 0 Å². The molecule has 0 bridgehead atoms. The smallest absolute Gasteiger partial charge is 0.335 e. The summed E-state index contributed by atoms with van der Waals surface area (Å²) in [5, 5.41) is 17.6. The largest absolute Gasteiger partial charge is 0.478 e. The van der Waals surface area contributed by atoms with Crippen molar-refractivity contribution in [2.45, 2.75) is 26.2 Å². The zero-order valence-electron chi connectivity index (χ0n) is 11.1. The second-order valence-electron chi connectivity index (χ2n) is 4.65. The van der Waals surface area contributed by atoms with Crippen LogP contribution in [0.15, 0.2) is 35.9 Å². The molecule has 0 saturated heterocycles. The maximum Gasteiger partial charge on any atom is 0.335 e. The van der Waals surface area contributed by atoms with Crippen LogP contribution in [0.3, 0.4) is 0 Å². The Morgan fingerprint density at radius 3 is 2.32 bits per heavy atom. The van der Waals surface area contributed by atoms with Gasteiger partial charge < -0.3 is 10.2 Å². The first kappa shape index (κ1) is 15.1. The minimum atomic E-state index is -0.961. The summed E-state index contributed by atoms with van der Waals surface area (Å²) in [6.07, 6.45) is 1.78. The van der Waals surface area contributed by atoms with E-state index in [1.54, 1.807) is 19.1 Å². The van der Waals surface area contributed by atoms with Gasteiger partial charge in [0.05, 0.1) is 12.2 Å². The molecule has 1 atom stereocenters. The van der Waals surface area contributed by atoms with Crippen LogP contribution in [-0.2, 0) is 4.79 Å². The molecule has 1 aromatic rings. The van der Waals surface area contributed by atoms with E-state index in [1.807, 2.05) is 6.92 Å². The fraction of sp³-hybridized carbons (Fsp3) is 0.333. The van der Waals surface area contributed by atoms with E-state index in [0.717, 1.165) is 5.56 Å². The number of carbonyl (C=O) groups is 2. The number of hydrogen-bond acceptors (Lipinski definition) is 3. The fourth-order valence-corrected chi connectivity index (χ4v) is 1.75. The standard InChI is InChI=1S/C15H18O4/c1-10(9-16)7-14(17)8-11(2)12-3-5-13(6-4-12)15(18)19/h3-7,11,16H,8-9H2,1-2H3,(H,18,19)/b10-7+/t11-/m0/s1. The van der Waals surface area contributed by atoms with Crippen LogP contribution in [0.5, 0.6) is 0 Å². The van der Waals surface area contributed by atoms with Gasteiger partial charge in [-0.1, -0.05) is 19.1 Å². The van der Waals surface area contributed by atoms with E-state index in [2.05, 4.69) is 0 Å².